The third kappa shape index (κ3) is 2.69. The molecule has 0 aliphatic heterocycles. The summed E-state index contributed by atoms with van der Waals surface area (Å²) in [6.07, 6.45) is 5.30. The summed E-state index contributed by atoms with van der Waals surface area (Å²) in [6, 6.07) is 6.76. The molecule has 1 aliphatic carbocycles. The van der Waals surface area contributed by atoms with E-state index in [-0.39, 0.29) is 0 Å². The molecule has 0 bridgehead atoms. The van der Waals surface area contributed by atoms with Gasteiger partial charge >= 0.3 is 0 Å². The molecule has 2 nitrogen and oxygen atoms in total. The van der Waals surface area contributed by atoms with Gasteiger partial charge in [0, 0.05) is 17.4 Å². The van der Waals surface area contributed by atoms with Crippen LogP contribution in [-0.4, -0.2) is 6.04 Å². The van der Waals surface area contributed by atoms with Crippen molar-refractivity contribution in [1.29, 1.82) is 0 Å². The third-order valence-electron chi connectivity index (χ3n) is 3.63. The van der Waals surface area contributed by atoms with Gasteiger partial charge in [-0.1, -0.05) is 6.92 Å². The van der Waals surface area contributed by atoms with E-state index in [1.807, 2.05) is 12.1 Å². The monoisotopic (exact) mass is 218 g/mol. The van der Waals surface area contributed by atoms with E-state index in [9.17, 15) is 0 Å². The summed E-state index contributed by atoms with van der Waals surface area (Å²) in [4.78, 5) is 0. The molecule has 0 atom stereocenters. The van der Waals surface area contributed by atoms with E-state index >= 15 is 0 Å². The van der Waals surface area contributed by atoms with Crippen molar-refractivity contribution in [3.63, 3.8) is 0 Å². The normalized spacial score (nSPS) is 25.4. The van der Waals surface area contributed by atoms with Gasteiger partial charge in [0.05, 0.1) is 0 Å². The lowest BCUT2D eigenvalue weighted by Gasteiger charge is -2.28. The molecule has 0 radical (unpaired) electrons. The van der Waals surface area contributed by atoms with E-state index in [0.717, 1.165) is 11.6 Å². The lowest BCUT2D eigenvalue weighted by Crippen LogP contribution is -2.25. The molecule has 16 heavy (non-hydrogen) atoms. The van der Waals surface area contributed by atoms with Crippen molar-refractivity contribution >= 4 is 11.4 Å². The quantitative estimate of drug-likeness (QED) is 0.745. The summed E-state index contributed by atoms with van der Waals surface area (Å²) in [6.45, 7) is 4.47. The highest BCUT2D eigenvalue weighted by atomic mass is 14.9. The van der Waals surface area contributed by atoms with Gasteiger partial charge in [0.1, 0.15) is 0 Å². The van der Waals surface area contributed by atoms with Crippen LogP contribution < -0.4 is 11.1 Å². The Labute approximate surface area is 98.2 Å². The number of anilines is 2. The Morgan fingerprint density at radius 1 is 1.19 bits per heavy atom. The molecule has 1 aromatic rings. The molecule has 1 aliphatic rings. The number of nitrogen functional groups attached to an aromatic ring is 1. The Bertz CT molecular complexity index is 352. The molecule has 1 saturated carbocycles. The van der Waals surface area contributed by atoms with Gasteiger partial charge < -0.3 is 11.1 Å². The fourth-order valence-electron chi connectivity index (χ4n) is 2.47. The zero-order chi connectivity index (χ0) is 11.5. The lowest BCUT2D eigenvalue weighted by molar-refractivity contribution is 0.361. The molecule has 0 saturated heterocycles. The van der Waals surface area contributed by atoms with Gasteiger partial charge in [-0.3, -0.25) is 0 Å². The predicted octanol–water partition coefficient (Wildman–Crippen LogP) is 3.57. The summed E-state index contributed by atoms with van der Waals surface area (Å²) in [5.74, 6) is 0.908. The third-order valence-corrected chi connectivity index (χ3v) is 3.63. The molecular formula is C14H22N2. The van der Waals surface area contributed by atoms with Gasteiger partial charge in [-0.05, 0) is 62.3 Å². The van der Waals surface area contributed by atoms with Crippen LogP contribution in [0.25, 0.3) is 0 Å². The van der Waals surface area contributed by atoms with Crippen molar-refractivity contribution in [2.75, 3.05) is 11.1 Å². The first-order valence-electron chi connectivity index (χ1n) is 6.28. The molecule has 0 spiro atoms. The number of benzene rings is 1. The molecule has 88 valence electrons. The van der Waals surface area contributed by atoms with Gasteiger partial charge in [0.2, 0.25) is 0 Å². The van der Waals surface area contributed by atoms with Gasteiger partial charge in [-0.15, -0.1) is 0 Å². The van der Waals surface area contributed by atoms with Crippen molar-refractivity contribution in [3.05, 3.63) is 23.8 Å². The second-order valence-electron chi connectivity index (χ2n) is 5.18. The molecule has 0 amide bonds. The molecule has 0 heterocycles. The van der Waals surface area contributed by atoms with Crippen molar-refractivity contribution in [3.8, 4) is 0 Å². The van der Waals surface area contributed by atoms with Gasteiger partial charge in [0.15, 0.2) is 0 Å². The first kappa shape index (κ1) is 11.3. The minimum absolute atomic E-state index is 0.651. The van der Waals surface area contributed by atoms with Crippen LogP contribution in [0, 0.1) is 12.8 Å². The minimum atomic E-state index is 0.651. The van der Waals surface area contributed by atoms with Crippen molar-refractivity contribution < 1.29 is 0 Å². The van der Waals surface area contributed by atoms with Gasteiger partial charge in [0.25, 0.3) is 0 Å². The average molecular weight is 218 g/mol. The van der Waals surface area contributed by atoms with Gasteiger partial charge in [-0.25, -0.2) is 0 Å². The highest BCUT2D eigenvalue weighted by Crippen LogP contribution is 2.27. The maximum absolute atomic E-state index is 5.75. The molecule has 2 rings (SSSR count). The summed E-state index contributed by atoms with van der Waals surface area (Å²) in [5, 5.41) is 3.64. The Morgan fingerprint density at radius 3 is 2.50 bits per heavy atom. The van der Waals surface area contributed by atoms with Crippen LogP contribution in [0.5, 0.6) is 0 Å². The average Bonchev–Trinajstić information content (AvgIpc) is 2.25. The summed E-state index contributed by atoms with van der Waals surface area (Å²) in [7, 11) is 0. The van der Waals surface area contributed by atoms with Crippen LogP contribution in [-0.2, 0) is 0 Å². The smallest absolute Gasteiger partial charge is 0.0373 e. The van der Waals surface area contributed by atoms with Crippen molar-refractivity contribution in [2.24, 2.45) is 5.92 Å². The number of aryl methyl sites for hydroxylation is 1. The van der Waals surface area contributed by atoms with Gasteiger partial charge in [-0.2, -0.15) is 0 Å². The van der Waals surface area contributed by atoms with E-state index in [0.29, 0.717) is 6.04 Å². The Hall–Kier alpha value is -1.18. The van der Waals surface area contributed by atoms with E-state index in [4.69, 9.17) is 5.73 Å². The van der Waals surface area contributed by atoms with E-state index in [2.05, 4.69) is 25.2 Å². The summed E-state index contributed by atoms with van der Waals surface area (Å²) < 4.78 is 0. The van der Waals surface area contributed by atoms with Crippen LogP contribution in [0.3, 0.4) is 0 Å². The lowest BCUT2D eigenvalue weighted by atomic mass is 9.87. The first-order chi connectivity index (χ1) is 7.65. The molecule has 1 aromatic carbocycles. The number of hydrogen-bond acceptors (Lipinski definition) is 2. The maximum atomic E-state index is 5.75. The summed E-state index contributed by atoms with van der Waals surface area (Å²) >= 11 is 0. The topological polar surface area (TPSA) is 38.0 Å². The van der Waals surface area contributed by atoms with Crippen molar-refractivity contribution in [2.45, 2.75) is 45.6 Å². The Kier molecular flexibility index (Phi) is 3.37. The van der Waals surface area contributed by atoms with Crippen LogP contribution >= 0.6 is 0 Å². The largest absolute Gasteiger partial charge is 0.399 e. The number of rotatable bonds is 2. The zero-order valence-corrected chi connectivity index (χ0v) is 10.3. The second-order valence-corrected chi connectivity index (χ2v) is 5.18. The molecule has 1 fully saturated rings. The molecule has 0 aromatic heterocycles. The van der Waals surface area contributed by atoms with E-state index < -0.39 is 0 Å². The van der Waals surface area contributed by atoms with Crippen LogP contribution in [0.2, 0.25) is 0 Å². The van der Waals surface area contributed by atoms with Crippen LogP contribution in [0.15, 0.2) is 18.2 Å². The highest BCUT2D eigenvalue weighted by molar-refractivity contribution is 5.57. The summed E-state index contributed by atoms with van der Waals surface area (Å²) in [5.41, 5.74) is 9.09. The first-order valence-corrected chi connectivity index (χ1v) is 6.28. The fourth-order valence-corrected chi connectivity index (χ4v) is 2.47. The minimum Gasteiger partial charge on any atom is -0.399 e. The fraction of sp³-hybridized carbons (Fsp3) is 0.571. The highest BCUT2D eigenvalue weighted by Gasteiger charge is 2.18. The SMILES string of the molecule is Cc1cc(N)ccc1NC1CCC(C)CC1. The molecular weight excluding hydrogens is 196 g/mol. The Balaban J connectivity index is 1.98. The Morgan fingerprint density at radius 2 is 1.88 bits per heavy atom. The van der Waals surface area contributed by atoms with E-state index in [1.54, 1.807) is 0 Å². The molecule has 3 N–H and O–H groups in total. The molecule has 0 unspecified atom stereocenters. The maximum Gasteiger partial charge on any atom is 0.0373 e. The number of nitrogens with two attached hydrogens (primary N) is 1. The predicted molar refractivity (Wildman–Crippen MR) is 70.6 cm³/mol. The number of nitrogens with one attached hydrogen (secondary N) is 1. The molecule has 2 heteroatoms. The second kappa shape index (κ2) is 4.77. The van der Waals surface area contributed by atoms with Crippen LogP contribution in [0.1, 0.15) is 38.2 Å². The van der Waals surface area contributed by atoms with Crippen molar-refractivity contribution in [1.82, 2.24) is 0 Å². The standard InChI is InChI=1S/C14H22N2/c1-10-3-6-13(7-4-10)16-14-8-5-12(15)9-11(14)2/h5,8-10,13,16H,3-4,6-7,15H2,1-2H3. The van der Waals surface area contributed by atoms with E-state index in [1.165, 1.54) is 36.9 Å². The number of hydrogen-bond donors (Lipinski definition) is 2. The van der Waals surface area contributed by atoms with Crippen LogP contribution in [0.4, 0.5) is 11.4 Å². The zero-order valence-electron chi connectivity index (χ0n) is 10.3.